The number of carbonyl (C=O) groups excluding carboxylic acids is 2. The van der Waals surface area contributed by atoms with Crippen LogP contribution in [0.3, 0.4) is 0 Å². The van der Waals surface area contributed by atoms with E-state index in [9.17, 15) is 18.0 Å². The minimum absolute atomic E-state index is 0.120. The quantitative estimate of drug-likeness (QED) is 0.686. The minimum Gasteiger partial charge on any atom is -0.338 e. The highest BCUT2D eigenvalue weighted by Crippen LogP contribution is 2.27. The van der Waals surface area contributed by atoms with Gasteiger partial charge in [-0.25, -0.2) is 8.42 Å². The third-order valence-electron chi connectivity index (χ3n) is 5.64. The van der Waals surface area contributed by atoms with E-state index >= 15 is 0 Å². The number of likely N-dealkylation sites (tertiary alicyclic amines) is 1. The second kappa shape index (κ2) is 9.50. The van der Waals surface area contributed by atoms with Gasteiger partial charge in [0.25, 0.3) is 10.0 Å². The average molecular weight is 462 g/mol. The first-order valence-electron chi connectivity index (χ1n) is 10.7. The predicted molar refractivity (Wildman–Crippen MR) is 120 cm³/mol. The van der Waals surface area contributed by atoms with Crippen molar-refractivity contribution in [3.63, 3.8) is 0 Å². The van der Waals surface area contributed by atoms with E-state index in [0.29, 0.717) is 40.8 Å². The molecular formula is C22H27N3O4S2. The number of thiophene rings is 1. The van der Waals surface area contributed by atoms with Crippen LogP contribution in [-0.4, -0.2) is 49.1 Å². The van der Waals surface area contributed by atoms with E-state index in [-0.39, 0.29) is 18.2 Å². The first-order chi connectivity index (χ1) is 14.9. The van der Waals surface area contributed by atoms with Gasteiger partial charge in [-0.2, -0.15) is 4.31 Å². The summed E-state index contributed by atoms with van der Waals surface area (Å²) < 4.78 is 27.4. The summed E-state index contributed by atoms with van der Waals surface area (Å²) in [6, 6.07) is 10.8. The number of rotatable bonds is 7. The van der Waals surface area contributed by atoms with Gasteiger partial charge in [-0.05, 0) is 49.1 Å². The third-order valence-corrected chi connectivity index (χ3v) is 9.09. The lowest BCUT2D eigenvalue weighted by Crippen LogP contribution is -2.35. The first kappa shape index (κ1) is 22.0. The van der Waals surface area contributed by atoms with Gasteiger partial charge in [0.05, 0.1) is 6.42 Å². The van der Waals surface area contributed by atoms with Crippen LogP contribution in [0.25, 0.3) is 0 Å². The molecule has 0 saturated carbocycles. The molecule has 0 spiro atoms. The molecule has 7 nitrogen and oxygen atoms in total. The van der Waals surface area contributed by atoms with Crippen molar-refractivity contribution in [2.75, 3.05) is 25.0 Å². The Bertz CT molecular complexity index is 1060. The van der Waals surface area contributed by atoms with E-state index in [1.165, 1.54) is 0 Å². The Morgan fingerprint density at radius 1 is 1.03 bits per heavy atom. The highest BCUT2D eigenvalue weighted by Gasteiger charge is 2.27. The average Bonchev–Trinajstić information content (AvgIpc) is 3.38. The van der Waals surface area contributed by atoms with E-state index < -0.39 is 10.0 Å². The van der Waals surface area contributed by atoms with Gasteiger partial charge >= 0.3 is 0 Å². The lowest BCUT2D eigenvalue weighted by atomic mass is 10.2. The number of sulfonamides is 1. The van der Waals surface area contributed by atoms with E-state index in [2.05, 4.69) is 5.32 Å². The number of nitrogens with one attached hydrogen (secondary N) is 1. The summed E-state index contributed by atoms with van der Waals surface area (Å²) in [5, 5.41) is 2.88. The number of hydrogen-bond acceptors (Lipinski definition) is 5. The molecule has 2 aliphatic rings. The maximum atomic E-state index is 12.8. The molecule has 3 heterocycles. The van der Waals surface area contributed by atoms with Crippen LogP contribution in [0.15, 0.2) is 40.6 Å². The normalized spacial score (nSPS) is 17.8. The number of nitrogens with zero attached hydrogens (tertiary/aromatic N) is 2. The molecular weight excluding hydrogens is 434 g/mol. The van der Waals surface area contributed by atoms with E-state index in [0.717, 1.165) is 49.1 Å². The van der Waals surface area contributed by atoms with Gasteiger partial charge in [-0.3, -0.25) is 9.59 Å². The summed E-state index contributed by atoms with van der Waals surface area (Å²) in [5.41, 5.74) is 1.64. The summed E-state index contributed by atoms with van der Waals surface area (Å²) in [4.78, 5) is 26.9. The Morgan fingerprint density at radius 2 is 1.84 bits per heavy atom. The van der Waals surface area contributed by atoms with Crippen molar-refractivity contribution in [2.24, 2.45) is 0 Å². The number of amides is 2. The number of anilines is 1. The zero-order valence-electron chi connectivity index (χ0n) is 17.4. The standard InChI is InChI=1S/C22H27N3O4S2/c26-20(23-18-7-4-6-17(14-18)16-24-11-5-8-21(24)27)15-19-9-10-22(30-19)31(28,29)25-12-2-1-3-13-25/h4,6-7,9-10,14H,1-3,5,8,11-13,15-16H2,(H,23,26). The van der Waals surface area contributed by atoms with Gasteiger partial charge in [0.2, 0.25) is 11.8 Å². The number of hydrogen-bond donors (Lipinski definition) is 1. The van der Waals surface area contributed by atoms with Crippen LogP contribution in [0, 0.1) is 0 Å². The minimum atomic E-state index is -3.47. The molecule has 9 heteroatoms. The van der Waals surface area contributed by atoms with Crippen molar-refractivity contribution in [2.45, 2.75) is 49.3 Å². The second-order valence-electron chi connectivity index (χ2n) is 8.03. The zero-order valence-corrected chi connectivity index (χ0v) is 19.0. The molecule has 0 unspecified atom stereocenters. The van der Waals surface area contributed by atoms with Gasteiger partial charge in [0.15, 0.2) is 0 Å². The monoisotopic (exact) mass is 461 g/mol. The Labute approximate surface area is 187 Å². The molecule has 2 saturated heterocycles. The molecule has 31 heavy (non-hydrogen) atoms. The summed E-state index contributed by atoms with van der Waals surface area (Å²) >= 11 is 1.16. The van der Waals surface area contributed by atoms with Crippen LogP contribution in [0.4, 0.5) is 5.69 Å². The molecule has 4 rings (SSSR count). The van der Waals surface area contributed by atoms with Crippen LogP contribution in [-0.2, 0) is 32.6 Å². The van der Waals surface area contributed by atoms with Gasteiger partial charge in [0.1, 0.15) is 4.21 Å². The molecule has 166 valence electrons. The molecule has 1 aromatic heterocycles. The predicted octanol–water partition coefficient (Wildman–Crippen LogP) is 3.23. The largest absolute Gasteiger partial charge is 0.338 e. The van der Waals surface area contributed by atoms with Crippen molar-refractivity contribution >= 4 is 38.9 Å². The summed E-state index contributed by atoms with van der Waals surface area (Å²) in [5.74, 6) is -0.0272. The lowest BCUT2D eigenvalue weighted by Gasteiger charge is -2.25. The van der Waals surface area contributed by atoms with Crippen molar-refractivity contribution < 1.29 is 18.0 Å². The van der Waals surface area contributed by atoms with E-state index in [1.807, 2.05) is 29.2 Å². The smallest absolute Gasteiger partial charge is 0.252 e. The van der Waals surface area contributed by atoms with Crippen LogP contribution < -0.4 is 5.32 Å². The van der Waals surface area contributed by atoms with Gasteiger partial charge in [0, 0.05) is 43.2 Å². The molecule has 0 aliphatic carbocycles. The van der Waals surface area contributed by atoms with E-state index in [1.54, 1.807) is 16.4 Å². The highest BCUT2D eigenvalue weighted by molar-refractivity contribution is 7.91. The van der Waals surface area contributed by atoms with Gasteiger partial charge in [-0.15, -0.1) is 11.3 Å². The van der Waals surface area contributed by atoms with Gasteiger partial charge < -0.3 is 10.2 Å². The Morgan fingerprint density at radius 3 is 2.58 bits per heavy atom. The van der Waals surface area contributed by atoms with Crippen molar-refractivity contribution in [1.82, 2.24) is 9.21 Å². The van der Waals surface area contributed by atoms with Crippen LogP contribution in [0.1, 0.15) is 42.5 Å². The SMILES string of the molecule is O=C(Cc1ccc(S(=O)(=O)N2CCCCC2)s1)Nc1cccc(CN2CCCC2=O)c1. The van der Waals surface area contributed by atoms with Crippen molar-refractivity contribution in [3.8, 4) is 0 Å². The fourth-order valence-electron chi connectivity index (χ4n) is 4.03. The third kappa shape index (κ3) is 5.34. The molecule has 0 bridgehead atoms. The molecule has 2 aliphatic heterocycles. The van der Waals surface area contributed by atoms with Crippen molar-refractivity contribution in [3.05, 3.63) is 46.8 Å². The molecule has 2 aromatic rings. The Kier molecular flexibility index (Phi) is 6.74. The second-order valence-corrected chi connectivity index (χ2v) is 11.4. The van der Waals surface area contributed by atoms with Crippen LogP contribution >= 0.6 is 11.3 Å². The highest BCUT2D eigenvalue weighted by atomic mass is 32.2. The number of piperidine rings is 1. The summed E-state index contributed by atoms with van der Waals surface area (Å²) in [6.45, 7) is 2.45. The first-order valence-corrected chi connectivity index (χ1v) is 12.9. The molecule has 1 N–H and O–H groups in total. The fourth-order valence-corrected chi connectivity index (χ4v) is 7.05. The molecule has 0 atom stereocenters. The van der Waals surface area contributed by atoms with Crippen LogP contribution in [0.5, 0.6) is 0 Å². The van der Waals surface area contributed by atoms with E-state index in [4.69, 9.17) is 0 Å². The fraction of sp³-hybridized carbons (Fsp3) is 0.455. The zero-order chi connectivity index (χ0) is 21.8. The van der Waals surface area contributed by atoms with Crippen LogP contribution in [0.2, 0.25) is 0 Å². The summed E-state index contributed by atoms with van der Waals surface area (Å²) in [7, 11) is -3.47. The number of benzene rings is 1. The summed E-state index contributed by atoms with van der Waals surface area (Å²) in [6.07, 6.45) is 4.47. The molecule has 2 fully saturated rings. The molecule has 1 aromatic carbocycles. The Balaban J connectivity index is 1.36. The maximum Gasteiger partial charge on any atom is 0.252 e. The Hall–Kier alpha value is -2.23. The molecule has 0 radical (unpaired) electrons. The molecule has 2 amide bonds. The van der Waals surface area contributed by atoms with Gasteiger partial charge in [-0.1, -0.05) is 18.6 Å². The maximum absolute atomic E-state index is 12.8. The number of carbonyl (C=O) groups is 2. The van der Waals surface area contributed by atoms with Crippen molar-refractivity contribution in [1.29, 1.82) is 0 Å². The topological polar surface area (TPSA) is 86.8 Å². The lowest BCUT2D eigenvalue weighted by molar-refractivity contribution is -0.128.